The number of fused-ring (bicyclic) bond motifs is 5. The molecule has 5 rings (SSSR count). The Morgan fingerprint density at radius 1 is 1.13 bits per heavy atom. The Kier molecular flexibility index (Phi) is 6.36. The monoisotopic (exact) mass is 436 g/mol. The van der Waals surface area contributed by atoms with E-state index in [1.807, 2.05) is 13.0 Å². The fourth-order valence-corrected chi connectivity index (χ4v) is 6.00. The van der Waals surface area contributed by atoms with Crippen LogP contribution in [0.3, 0.4) is 0 Å². The maximum Gasteiger partial charge on any atom is 0.260 e. The summed E-state index contributed by atoms with van der Waals surface area (Å²) in [6.07, 6.45) is 6.73. The Labute approximate surface area is 179 Å². The third kappa shape index (κ3) is 4.81. The van der Waals surface area contributed by atoms with E-state index in [0.717, 1.165) is 49.7 Å². The van der Waals surface area contributed by atoms with Crippen molar-refractivity contribution in [1.29, 1.82) is 0 Å². The van der Waals surface area contributed by atoms with Crippen molar-refractivity contribution >= 4 is 15.9 Å². The van der Waals surface area contributed by atoms with Gasteiger partial charge in [-0.2, -0.15) is 0 Å². The van der Waals surface area contributed by atoms with Gasteiger partial charge in [0.25, 0.3) is 5.91 Å². The molecule has 1 saturated carbocycles. The summed E-state index contributed by atoms with van der Waals surface area (Å²) in [5.74, 6) is 1.12. The van der Waals surface area contributed by atoms with Gasteiger partial charge in [-0.1, -0.05) is 18.2 Å². The Balaban J connectivity index is 1.64. The van der Waals surface area contributed by atoms with Gasteiger partial charge in [-0.15, -0.1) is 0 Å². The number of amides is 1. The molecule has 1 aromatic carbocycles. The zero-order valence-electron chi connectivity index (χ0n) is 17.8. The summed E-state index contributed by atoms with van der Waals surface area (Å²) in [6.45, 7) is 2.91. The van der Waals surface area contributed by atoms with Crippen LogP contribution in [0.2, 0.25) is 0 Å². The smallest absolute Gasteiger partial charge is 0.260 e. The number of piperidine rings is 1. The molecule has 1 N–H and O–H groups in total. The first-order chi connectivity index (χ1) is 14.3. The minimum Gasteiger partial charge on any atom is -0.483 e. The van der Waals surface area contributed by atoms with Gasteiger partial charge in [0.2, 0.25) is 10.0 Å². The van der Waals surface area contributed by atoms with Crippen molar-refractivity contribution in [2.24, 2.45) is 0 Å². The average molecular weight is 437 g/mol. The fourth-order valence-electron chi connectivity index (χ4n) is 5.17. The van der Waals surface area contributed by atoms with Crippen molar-refractivity contribution in [3.05, 3.63) is 29.3 Å². The third-order valence-corrected chi connectivity index (χ3v) is 7.39. The van der Waals surface area contributed by atoms with E-state index in [0.29, 0.717) is 25.5 Å². The van der Waals surface area contributed by atoms with Crippen LogP contribution in [0.15, 0.2) is 18.2 Å². The van der Waals surface area contributed by atoms with Gasteiger partial charge in [-0.05, 0) is 62.5 Å². The number of carbonyl (C=O) groups is 1. The number of hydrogen-bond donors (Lipinski definition) is 1. The molecule has 166 valence electrons. The van der Waals surface area contributed by atoms with Gasteiger partial charge in [-0.25, -0.2) is 13.1 Å². The maximum absolute atomic E-state index is 13.1. The predicted octanol–water partition coefficient (Wildman–Crippen LogP) is 2.34. The van der Waals surface area contributed by atoms with Crippen molar-refractivity contribution in [3.63, 3.8) is 0 Å². The van der Waals surface area contributed by atoms with Crippen LogP contribution in [0, 0.1) is 6.92 Å². The summed E-state index contributed by atoms with van der Waals surface area (Å²) in [7, 11) is -3.38. The molecule has 1 amide bonds. The molecule has 3 heterocycles. The number of sulfonamides is 1. The SMILES string of the molecule is Cc1cccc2c1OCC(=O)N1CCC[C@H](NS(C)(=O)=O)[C@@H]1CO[C@H]1CC[C@@H]2CC1. The third-order valence-electron chi connectivity index (χ3n) is 6.66. The Morgan fingerprint density at radius 3 is 2.63 bits per heavy atom. The highest BCUT2D eigenvalue weighted by Gasteiger charge is 2.37. The summed E-state index contributed by atoms with van der Waals surface area (Å²) in [5, 5.41) is 0. The number of nitrogens with zero attached hydrogens (tertiary/aromatic N) is 1. The largest absolute Gasteiger partial charge is 0.483 e. The molecule has 8 heteroatoms. The second kappa shape index (κ2) is 8.85. The molecule has 3 aliphatic heterocycles. The van der Waals surface area contributed by atoms with Gasteiger partial charge in [0, 0.05) is 12.6 Å². The van der Waals surface area contributed by atoms with Crippen molar-refractivity contribution in [2.45, 2.75) is 69.6 Å². The van der Waals surface area contributed by atoms with E-state index in [2.05, 4.69) is 16.9 Å². The van der Waals surface area contributed by atoms with E-state index in [1.54, 1.807) is 4.90 Å². The number of benzene rings is 1. The summed E-state index contributed by atoms with van der Waals surface area (Å²) in [6, 6.07) is 5.54. The van der Waals surface area contributed by atoms with Crippen LogP contribution in [-0.4, -0.2) is 63.4 Å². The highest BCUT2D eigenvalue weighted by atomic mass is 32.2. The molecular weight excluding hydrogens is 404 g/mol. The van der Waals surface area contributed by atoms with Gasteiger partial charge in [0.1, 0.15) is 5.75 Å². The molecule has 4 aliphatic rings. The number of ether oxygens (including phenoxy) is 2. The molecule has 0 aromatic heterocycles. The van der Waals surface area contributed by atoms with Crippen molar-refractivity contribution in [2.75, 3.05) is 26.0 Å². The molecule has 0 unspecified atom stereocenters. The Hall–Kier alpha value is -1.64. The number of nitrogens with one attached hydrogen (secondary N) is 1. The van der Waals surface area contributed by atoms with Gasteiger partial charge in [0.15, 0.2) is 6.61 Å². The molecule has 2 fully saturated rings. The zero-order chi connectivity index (χ0) is 21.3. The van der Waals surface area contributed by atoms with Gasteiger partial charge in [-0.3, -0.25) is 4.79 Å². The van der Waals surface area contributed by atoms with Gasteiger partial charge < -0.3 is 14.4 Å². The highest BCUT2D eigenvalue weighted by Crippen LogP contribution is 2.40. The molecule has 30 heavy (non-hydrogen) atoms. The first-order valence-corrected chi connectivity index (χ1v) is 12.8. The molecule has 7 nitrogen and oxygen atoms in total. The standard InChI is InChI=1S/C22H32N2O5S/c1-15-5-3-6-18-16-8-10-17(11-9-16)28-13-20-19(23-30(2,26)27)7-4-12-24(20)21(25)14-29-22(15)18/h3,5-6,16-17,19-20,23H,4,7-14H2,1-2H3/t16-,17+,19-,20-/m0/s1. The molecule has 0 radical (unpaired) electrons. The lowest BCUT2D eigenvalue weighted by Crippen LogP contribution is -2.59. The maximum atomic E-state index is 13.1. The van der Waals surface area contributed by atoms with E-state index in [1.165, 1.54) is 5.56 Å². The van der Waals surface area contributed by atoms with Crippen LogP contribution >= 0.6 is 0 Å². The molecule has 2 atom stereocenters. The molecule has 1 saturated heterocycles. The molecule has 0 spiro atoms. The van der Waals surface area contributed by atoms with Crippen LogP contribution in [0.1, 0.15) is 55.6 Å². The number of aryl methyl sites for hydroxylation is 1. The van der Waals surface area contributed by atoms with E-state index in [4.69, 9.17) is 9.47 Å². The van der Waals surface area contributed by atoms with Crippen LogP contribution < -0.4 is 9.46 Å². The van der Waals surface area contributed by atoms with E-state index >= 15 is 0 Å². The molecule has 1 aromatic rings. The fraction of sp³-hybridized carbons (Fsp3) is 0.682. The topological polar surface area (TPSA) is 84.9 Å². The van der Waals surface area contributed by atoms with Gasteiger partial charge in [0.05, 0.1) is 25.0 Å². The average Bonchev–Trinajstić information content (AvgIpc) is 2.71. The molecule has 2 bridgehead atoms. The summed E-state index contributed by atoms with van der Waals surface area (Å²) < 4.78 is 38.9. The zero-order valence-corrected chi connectivity index (χ0v) is 18.6. The van der Waals surface area contributed by atoms with Crippen molar-refractivity contribution < 1.29 is 22.7 Å². The second-order valence-corrected chi connectivity index (χ2v) is 10.7. The van der Waals surface area contributed by atoms with Crippen molar-refractivity contribution in [1.82, 2.24) is 9.62 Å². The van der Waals surface area contributed by atoms with Crippen molar-refractivity contribution in [3.8, 4) is 5.75 Å². The Morgan fingerprint density at radius 2 is 1.90 bits per heavy atom. The minimum absolute atomic E-state index is 0.0455. The van der Waals surface area contributed by atoms with Crippen LogP contribution in [0.25, 0.3) is 0 Å². The van der Waals surface area contributed by atoms with E-state index in [9.17, 15) is 13.2 Å². The minimum atomic E-state index is -3.38. The lowest BCUT2D eigenvalue weighted by atomic mass is 9.82. The Bertz CT molecular complexity index is 880. The molecular formula is C22H32N2O5S. The number of carbonyl (C=O) groups excluding carboxylic acids is 1. The first kappa shape index (κ1) is 21.6. The van der Waals surface area contributed by atoms with E-state index < -0.39 is 10.0 Å². The summed E-state index contributed by atoms with van der Waals surface area (Å²) in [4.78, 5) is 14.9. The number of hydrogen-bond acceptors (Lipinski definition) is 5. The van der Waals surface area contributed by atoms with Crippen LogP contribution in [0.4, 0.5) is 0 Å². The van der Waals surface area contributed by atoms with Crippen LogP contribution in [0.5, 0.6) is 5.75 Å². The highest BCUT2D eigenvalue weighted by molar-refractivity contribution is 7.88. The van der Waals surface area contributed by atoms with Crippen LogP contribution in [-0.2, 0) is 19.6 Å². The number of para-hydroxylation sites is 1. The number of rotatable bonds is 2. The second-order valence-electron chi connectivity index (χ2n) is 8.88. The lowest BCUT2D eigenvalue weighted by molar-refractivity contribution is -0.140. The summed E-state index contributed by atoms with van der Waals surface area (Å²) >= 11 is 0. The van der Waals surface area contributed by atoms with Gasteiger partial charge >= 0.3 is 0 Å². The normalized spacial score (nSPS) is 30.3. The quantitative estimate of drug-likeness (QED) is 0.769. The molecule has 1 aliphatic carbocycles. The first-order valence-electron chi connectivity index (χ1n) is 10.9. The lowest BCUT2D eigenvalue weighted by Gasteiger charge is -2.41. The predicted molar refractivity (Wildman–Crippen MR) is 114 cm³/mol. The summed E-state index contributed by atoms with van der Waals surface area (Å²) in [5.41, 5.74) is 2.23. The van der Waals surface area contributed by atoms with E-state index in [-0.39, 0.29) is 30.7 Å².